The van der Waals surface area contributed by atoms with E-state index in [0.29, 0.717) is 5.69 Å². The highest BCUT2D eigenvalue weighted by atomic mass is 16.4. The zero-order valence-electron chi connectivity index (χ0n) is 10.5. The van der Waals surface area contributed by atoms with Crippen LogP contribution in [0.4, 0.5) is 10.5 Å². The average Bonchev–Trinajstić information content (AvgIpc) is 2.82. The molecule has 2 atom stereocenters. The maximum Gasteiger partial charge on any atom is 0.326 e. The first kappa shape index (κ1) is 13.8. The Hall–Kier alpha value is -2.59. The number of aliphatic carboxylic acids is 1. The van der Waals surface area contributed by atoms with Crippen LogP contribution in [-0.4, -0.2) is 45.8 Å². The zero-order valence-corrected chi connectivity index (χ0v) is 10.5. The van der Waals surface area contributed by atoms with Crippen LogP contribution in [0.1, 0.15) is 12.0 Å². The molecule has 0 aliphatic carbocycles. The lowest BCUT2D eigenvalue weighted by Crippen LogP contribution is -2.43. The minimum Gasteiger partial charge on any atom is -0.480 e. The first-order chi connectivity index (χ1) is 9.52. The molecule has 1 saturated heterocycles. The van der Waals surface area contributed by atoms with E-state index in [9.17, 15) is 14.7 Å². The summed E-state index contributed by atoms with van der Waals surface area (Å²) in [6, 6.07) is 6.65. The Balaban J connectivity index is 2.16. The SMILES string of the molecule is N#Cc1ccccc1NC(=O)N1C[C@@H](O)C[C@H]1C(=O)O. The number of carbonyl (C=O) groups is 2. The lowest BCUT2D eigenvalue weighted by molar-refractivity contribution is -0.141. The summed E-state index contributed by atoms with van der Waals surface area (Å²) in [5.74, 6) is -1.16. The van der Waals surface area contributed by atoms with E-state index in [1.54, 1.807) is 24.3 Å². The molecule has 3 N–H and O–H groups in total. The molecular weight excluding hydrogens is 262 g/mol. The van der Waals surface area contributed by atoms with Crippen LogP contribution >= 0.6 is 0 Å². The molecule has 1 aromatic carbocycles. The predicted molar refractivity (Wildman–Crippen MR) is 68.9 cm³/mol. The van der Waals surface area contributed by atoms with Gasteiger partial charge in [0, 0.05) is 13.0 Å². The highest BCUT2D eigenvalue weighted by Gasteiger charge is 2.39. The van der Waals surface area contributed by atoms with Gasteiger partial charge in [0.05, 0.1) is 17.4 Å². The van der Waals surface area contributed by atoms with E-state index in [1.165, 1.54) is 0 Å². The second-order valence-corrected chi connectivity index (χ2v) is 4.48. The Bertz CT molecular complexity index is 581. The Morgan fingerprint density at radius 1 is 1.40 bits per heavy atom. The Kier molecular flexibility index (Phi) is 3.86. The Labute approximate surface area is 115 Å². The van der Waals surface area contributed by atoms with Crippen LogP contribution in [0.25, 0.3) is 0 Å². The molecule has 1 aliphatic heterocycles. The van der Waals surface area contributed by atoms with E-state index in [-0.39, 0.29) is 18.5 Å². The smallest absolute Gasteiger partial charge is 0.326 e. The second-order valence-electron chi connectivity index (χ2n) is 4.48. The van der Waals surface area contributed by atoms with Crippen molar-refractivity contribution in [2.45, 2.75) is 18.6 Å². The third kappa shape index (κ3) is 2.70. The predicted octanol–water partition coefficient (Wildman–Crippen LogP) is 0.610. The average molecular weight is 275 g/mol. The van der Waals surface area contributed by atoms with Gasteiger partial charge in [0.2, 0.25) is 0 Å². The van der Waals surface area contributed by atoms with Crippen molar-refractivity contribution in [3.05, 3.63) is 29.8 Å². The van der Waals surface area contributed by atoms with Crippen molar-refractivity contribution in [3.8, 4) is 6.07 Å². The van der Waals surface area contributed by atoms with E-state index in [2.05, 4.69) is 5.32 Å². The molecule has 0 unspecified atom stereocenters. The number of aliphatic hydroxyl groups is 1. The van der Waals surface area contributed by atoms with Crippen LogP contribution in [0, 0.1) is 11.3 Å². The fraction of sp³-hybridized carbons (Fsp3) is 0.308. The standard InChI is InChI=1S/C13H13N3O4/c14-6-8-3-1-2-4-10(8)15-13(20)16-7-9(17)5-11(16)12(18)19/h1-4,9,11,17H,5,7H2,(H,15,20)(H,18,19)/t9-,11-/m0/s1. The molecule has 7 heteroatoms. The van der Waals surface area contributed by atoms with Crippen molar-refractivity contribution in [2.24, 2.45) is 0 Å². The van der Waals surface area contributed by atoms with Gasteiger partial charge in [0.25, 0.3) is 0 Å². The van der Waals surface area contributed by atoms with Gasteiger partial charge in [-0.15, -0.1) is 0 Å². The molecule has 2 amide bonds. The maximum atomic E-state index is 12.1. The summed E-state index contributed by atoms with van der Waals surface area (Å²) in [7, 11) is 0. The van der Waals surface area contributed by atoms with Crippen molar-refractivity contribution in [2.75, 3.05) is 11.9 Å². The minimum atomic E-state index is -1.16. The highest BCUT2D eigenvalue weighted by Crippen LogP contribution is 2.21. The summed E-state index contributed by atoms with van der Waals surface area (Å²) in [6.07, 6.45) is -0.851. The first-order valence-electron chi connectivity index (χ1n) is 6.00. The van der Waals surface area contributed by atoms with Gasteiger partial charge in [-0.2, -0.15) is 5.26 Å². The number of anilines is 1. The van der Waals surface area contributed by atoms with Crippen LogP contribution in [0.2, 0.25) is 0 Å². The number of urea groups is 1. The van der Waals surface area contributed by atoms with Crippen LogP contribution in [0.3, 0.4) is 0 Å². The number of aliphatic hydroxyl groups excluding tert-OH is 1. The minimum absolute atomic E-state index is 0.00263. The molecule has 2 rings (SSSR count). The molecule has 1 heterocycles. The number of β-amino-alcohol motifs (C(OH)–C–C–N with tert-alkyl or cyclic N) is 1. The van der Waals surface area contributed by atoms with Gasteiger partial charge in [-0.1, -0.05) is 12.1 Å². The normalized spacial score (nSPS) is 21.3. The van der Waals surface area contributed by atoms with E-state index in [1.807, 2.05) is 6.07 Å². The number of hydrogen-bond acceptors (Lipinski definition) is 4. The number of likely N-dealkylation sites (tertiary alicyclic amines) is 1. The summed E-state index contributed by atoms with van der Waals surface area (Å²) in [6.45, 7) is -0.0441. The largest absolute Gasteiger partial charge is 0.480 e. The third-order valence-electron chi connectivity index (χ3n) is 3.11. The van der Waals surface area contributed by atoms with E-state index < -0.39 is 24.1 Å². The van der Waals surface area contributed by atoms with E-state index in [4.69, 9.17) is 10.4 Å². The van der Waals surface area contributed by atoms with Gasteiger partial charge < -0.3 is 20.4 Å². The summed E-state index contributed by atoms with van der Waals surface area (Å²) in [5.41, 5.74) is 0.595. The molecule has 0 saturated carbocycles. The Morgan fingerprint density at radius 2 is 2.10 bits per heavy atom. The lowest BCUT2D eigenvalue weighted by Gasteiger charge is -2.21. The first-order valence-corrected chi connectivity index (χ1v) is 6.00. The van der Waals surface area contributed by atoms with Gasteiger partial charge >= 0.3 is 12.0 Å². The monoisotopic (exact) mass is 275 g/mol. The van der Waals surface area contributed by atoms with Gasteiger partial charge in [-0.3, -0.25) is 0 Å². The van der Waals surface area contributed by atoms with Crippen molar-refractivity contribution >= 4 is 17.7 Å². The molecule has 20 heavy (non-hydrogen) atoms. The summed E-state index contributed by atoms with van der Waals surface area (Å²) >= 11 is 0. The number of carboxylic acid groups (broad SMARTS) is 1. The lowest BCUT2D eigenvalue weighted by atomic mass is 10.2. The number of carbonyl (C=O) groups excluding carboxylic acids is 1. The molecular formula is C13H13N3O4. The summed E-state index contributed by atoms with van der Waals surface area (Å²) in [4.78, 5) is 24.2. The number of nitrogens with one attached hydrogen (secondary N) is 1. The third-order valence-corrected chi connectivity index (χ3v) is 3.11. The van der Waals surface area contributed by atoms with Gasteiger partial charge in [-0.05, 0) is 12.1 Å². The van der Waals surface area contributed by atoms with Gasteiger partial charge in [-0.25, -0.2) is 9.59 Å². The molecule has 7 nitrogen and oxygen atoms in total. The number of para-hydroxylation sites is 1. The highest BCUT2D eigenvalue weighted by molar-refractivity contribution is 5.93. The van der Waals surface area contributed by atoms with E-state index >= 15 is 0 Å². The number of hydrogen-bond donors (Lipinski definition) is 3. The van der Waals surface area contributed by atoms with Crippen LogP contribution in [0.15, 0.2) is 24.3 Å². The van der Waals surface area contributed by atoms with Crippen LogP contribution < -0.4 is 5.32 Å². The fourth-order valence-corrected chi connectivity index (χ4v) is 2.15. The van der Waals surface area contributed by atoms with Crippen molar-refractivity contribution in [1.82, 2.24) is 4.90 Å². The molecule has 1 aliphatic rings. The van der Waals surface area contributed by atoms with Gasteiger partial charge in [0.1, 0.15) is 12.1 Å². The van der Waals surface area contributed by atoms with Crippen molar-refractivity contribution in [3.63, 3.8) is 0 Å². The Morgan fingerprint density at radius 3 is 2.75 bits per heavy atom. The summed E-state index contributed by atoms with van der Waals surface area (Å²) < 4.78 is 0. The molecule has 1 aromatic rings. The maximum absolute atomic E-state index is 12.1. The fourth-order valence-electron chi connectivity index (χ4n) is 2.15. The van der Waals surface area contributed by atoms with Gasteiger partial charge in [0.15, 0.2) is 0 Å². The molecule has 0 spiro atoms. The molecule has 104 valence electrons. The summed E-state index contributed by atoms with van der Waals surface area (Å²) in [5, 5.41) is 30.0. The van der Waals surface area contributed by atoms with E-state index in [0.717, 1.165) is 4.90 Å². The quantitative estimate of drug-likeness (QED) is 0.731. The van der Waals surface area contributed by atoms with Crippen LogP contribution in [0.5, 0.6) is 0 Å². The zero-order chi connectivity index (χ0) is 14.7. The molecule has 0 radical (unpaired) electrons. The molecule has 1 fully saturated rings. The topological polar surface area (TPSA) is 114 Å². The van der Waals surface area contributed by atoms with Crippen molar-refractivity contribution in [1.29, 1.82) is 5.26 Å². The molecule has 0 aromatic heterocycles. The second kappa shape index (κ2) is 5.59. The number of carboxylic acids is 1. The number of nitriles is 1. The molecule has 0 bridgehead atoms. The van der Waals surface area contributed by atoms with Crippen molar-refractivity contribution < 1.29 is 19.8 Å². The number of rotatable bonds is 2. The van der Waals surface area contributed by atoms with Crippen LogP contribution in [-0.2, 0) is 4.79 Å². The number of nitrogens with zero attached hydrogens (tertiary/aromatic N) is 2. The number of amides is 2. The number of benzene rings is 1.